The summed E-state index contributed by atoms with van der Waals surface area (Å²) in [4.78, 5) is 24.8. The second kappa shape index (κ2) is 6.17. The van der Waals surface area contributed by atoms with Gasteiger partial charge in [0.15, 0.2) is 6.61 Å². The Morgan fingerprint density at radius 1 is 1.12 bits per heavy atom. The van der Waals surface area contributed by atoms with E-state index in [-0.39, 0.29) is 12.4 Å². The molecule has 2 aromatic rings. The molecular weight excluding hydrogens is 314 g/mol. The van der Waals surface area contributed by atoms with E-state index in [2.05, 4.69) is 4.57 Å². The summed E-state index contributed by atoms with van der Waals surface area (Å²) in [5, 5.41) is 0. The van der Waals surface area contributed by atoms with Crippen molar-refractivity contribution in [2.75, 3.05) is 6.61 Å². The van der Waals surface area contributed by atoms with Crippen molar-refractivity contribution in [1.29, 1.82) is 0 Å². The van der Waals surface area contributed by atoms with Gasteiger partial charge in [-0.3, -0.25) is 4.79 Å². The molecule has 0 radical (unpaired) electrons. The van der Waals surface area contributed by atoms with Gasteiger partial charge in [-0.15, -0.1) is 0 Å². The van der Waals surface area contributed by atoms with Crippen LogP contribution in [0.15, 0.2) is 24.3 Å². The van der Waals surface area contributed by atoms with Crippen LogP contribution < -0.4 is 0 Å². The number of carbonyl (C=O) groups excluding carboxylic acids is 2. The normalized spacial score (nSPS) is 15.9. The molecule has 2 aliphatic carbocycles. The molecule has 0 bridgehead atoms. The number of Topliss-reactive ketones (excluding diaryl/α,β-unsaturated/α-hetero) is 1. The van der Waals surface area contributed by atoms with Gasteiger partial charge in [0.2, 0.25) is 5.78 Å². The summed E-state index contributed by atoms with van der Waals surface area (Å²) in [6.07, 6.45) is 5.60. The molecule has 1 saturated carbocycles. The van der Waals surface area contributed by atoms with E-state index in [1.807, 2.05) is 32.0 Å². The maximum atomic E-state index is 12.5. The van der Waals surface area contributed by atoms with E-state index >= 15 is 0 Å². The highest BCUT2D eigenvalue weighted by Crippen LogP contribution is 2.38. The van der Waals surface area contributed by atoms with Gasteiger partial charge in [-0.1, -0.05) is 6.07 Å². The second-order valence-electron chi connectivity index (χ2n) is 7.22. The maximum Gasteiger partial charge on any atom is 0.338 e. The molecule has 0 amide bonds. The van der Waals surface area contributed by atoms with Gasteiger partial charge in [-0.05, 0) is 75.3 Å². The average molecular weight is 337 g/mol. The number of ketones is 1. The minimum absolute atomic E-state index is 0.130. The topological polar surface area (TPSA) is 48.3 Å². The molecule has 2 aliphatic rings. The number of rotatable bonds is 5. The first kappa shape index (κ1) is 16.1. The van der Waals surface area contributed by atoms with Crippen LogP contribution in [-0.4, -0.2) is 22.9 Å². The fraction of sp³-hybridized carbons (Fsp3) is 0.429. The first-order valence-electron chi connectivity index (χ1n) is 9.05. The first-order valence-corrected chi connectivity index (χ1v) is 9.05. The molecule has 1 fully saturated rings. The van der Waals surface area contributed by atoms with Crippen LogP contribution in [0.2, 0.25) is 0 Å². The second-order valence-corrected chi connectivity index (χ2v) is 7.22. The number of aromatic nitrogens is 1. The van der Waals surface area contributed by atoms with Gasteiger partial charge in [-0.2, -0.15) is 0 Å². The van der Waals surface area contributed by atoms with Crippen molar-refractivity contribution in [2.45, 2.75) is 52.0 Å². The lowest BCUT2D eigenvalue weighted by Crippen LogP contribution is -2.15. The molecule has 0 unspecified atom stereocenters. The quantitative estimate of drug-likeness (QED) is 0.613. The molecule has 0 atom stereocenters. The lowest BCUT2D eigenvalue weighted by Gasteiger charge is -2.08. The van der Waals surface area contributed by atoms with Crippen molar-refractivity contribution < 1.29 is 14.3 Å². The molecule has 0 N–H and O–H groups in total. The number of hydrogen-bond donors (Lipinski definition) is 0. The summed E-state index contributed by atoms with van der Waals surface area (Å²) in [5.41, 5.74) is 5.85. The third kappa shape index (κ3) is 3.01. The molecule has 4 heteroatoms. The Hall–Kier alpha value is -2.36. The molecule has 25 heavy (non-hydrogen) atoms. The van der Waals surface area contributed by atoms with E-state index in [1.165, 1.54) is 24.0 Å². The Morgan fingerprint density at radius 2 is 1.88 bits per heavy atom. The van der Waals surface area contributed by atoms with E-state index in [4.69, 9.17) is 4.74 Å². The monoisotopic (exact) mass is 337 g/mol. The number of esters is 1. The lowest BCUT2D eigenvalue weighted by atomic mass is 10.1. The van der Waals surface area contributed by atoms with Crippen molar-refractivity contribution >= 4 is 11.8 Å². The predicted octanol–water partition coefficient (Wildman–Crippen LogP) is 3.97. The summed E-state index contributed by atoms with van der Waals surface area (Å²) >= 11 is 0. The minimum Gasteiger partial charge on any atom is -0.454 e. The zero-order valence-electron chi connectivity index (χ0n) is 14.8. The number of aryl methyl sites for hydroxylation is 3. The smallest absolute Gasteiger partial charge is 0.338 e. The van der Waals surface area contributed by atoms with Gasteiger partial charge in [0, 0.05) is 23.0 Å². The Bertz CT molecular complexity index is 858. The molecule has 4 rings (SSSR count). The Labute approximate surface area is 147 Å². The Kier molecular flexibility index (Phi) is 3.98. The molecule has 1 aromatic heterocycles. The van der Waals surface area contributed by atoms with Crippen molar-refractivity contribution in [3.8, 4) is 0 Å². The Morgan fingerprint density at radius 3 is 2.64 bits per heavy atom. The number of nitrogens with zero attached hydrogens (tertiary/aromatic N) is 1. The van der Waals surface area contributed by atoms with E-state index in [1.54, 1.807) is 6.07 Å². The zero-order chi connectivity index (χ0) is 17.6. The van der Waals surface area contributed by atoms with Crippen LogP contribution in [-0.2, 0) is 17.6 Å². The van der Waals surface area contributed by atoms with E-state index in [9.17, 15) is 9.59 Å². The average Bonchev–Trinajstić information content (AvgIpc) is 3.23. The zero-order valence-corrected chi connectivity index (χ0v) is 14.8. The third-order valence-electron chi connectivity index (χ3n) is 5.37. The molecule has 0 spiro atoms. The molecule has 0 saturated heterocycles. The van der Waals surface area contributed by atoms with Gasteiger partial charge in [0.25, 0.3) is 0 Å². The van der Waals surface area contributed by atoms with Crippen LogP contribution in [0, 0.1) is 13.8 Å². The number of hydrogen-bond acceptors (Lipinski definition) is 3. The first-order chi connectivity index (χ1) is 12.0. The third-order valence-corrected chi connectivity index (χ3v) is 5.37. The SMILES string of the molecule is Cc1cc(C(=O)COC(=O)c2ccc3c(c2)CCC3)c(C)n1C1CC1. The number of ether oxygens (including phenoxy) is 1. The van der Waals surface area contributed by atoms with Gasteiger partial charge in [0.05, 0.1) is 5.56 Å². The highest BCUT2D eigenvalue weighted by molar-refractivity contribution is 6.00. The molecular formula is C21H23NO3. The highest BCUT2D eigenvalue weighted by atomic mass is 16.5. The van der Waals surface area contributed by atoms with Crippen molar-refractivity contribution in [1.82, 2.24) is 4.57 Å². The number of carbonyl (C=O) groups is 2. The van der Waals surface area contributed by atoms with Crippen molar-refractivity contribution in [3.63, 3.8) is 0 Å². The number of benzene rings is 1. The van der Waals surface area contributed by atoms with Gasteiger partial charge in [-0.25, -0.2) is 4.79 Å². The van der Waals surface area contributed by atoms with Crippen LogP contribution in [0.3, 0.4) is 0 Å². The van der Waals surface area contributed by atoms with Gasteiger partial charge in [0.1, 0.15) is 0 Å². The lowest BCUT2D eigenvalue weighted by molar-refractivity contribution is 0.0474. The molecule has 4 nitrogen and oxygen atoms in total. The van der Waals surface area contributed by atoms with Crippen molar-refractivity contribution in [2.24, 2.45) is 0 Å². The minimum atomic E-state index is -0.418. The fourth-order valence-corrected chi connectivity index (χ4v) is 3.94. The summed E-state index contributed by atoms with van der Waals surface area (Å²) in [6, 6.07) is 8.17. The van der Waals surface area contributed by atoms with Crippen LogP contribution >= 0.6 is 0 Å². The fourth-order valence-electron chi connectivity index (χ4n) is 3.94. The van der Waals surface area contributed by atoms with E-state index in [0.29, 0.717) is 17.2 Å². The Balaban J connectivity index is 1.43. The van der Waals surface area contributed by atoms with Crippen LogP contribution in [0.25, 0.3) is 0 Å². The van der Waals surface area contributed by atoms with Crippen molar-refractivity contribution in [3.05, 3.63) is 57.9 Å². The molecule has 130 valence electrons. The molecule has 1 aromatic carbocycles. The molecule has 0 aliphatic heterocycles. The summed E-state index contributed by atoms with van der Waals surface area (Å²) in [5.74, 6) is -0.548. The standard InChI is InChI=1S/C21H23NO3/c1-13-10-19(14(2)22(13)18-8-9-18)20(23)12-25-21(24)17-7-6-15-4-3-5-16(15)11-17/h6-7,10-11,18H,3-5,8-9,12H2,1-2H3. The largest absolute Gasteiger partial charge is 0.454 e. The maximum absolute atomic E-state index is 12.5. The summed E-state index contributed by atoms with van der Waals surface area (Å²) in [7, 11) is 0. The van der Waals surface area contributed by atoms with Crippen LogP contribution in [0.1, 0.15) is 68.5 Å². The highest BCUT2D eigenvalue weighted by Gasteiger charge is 2.28. The molecule has 1 heterocycles. The summed E-state index contributed by atoms with van der Waals surface area (Å²) < 4.78 is 7.52. The van der Waals surface area contributed by atoms with E-state index < -0.39 is 5.97 Å². The summed E-state index contributed by atoms with van der Waals surface area (Å²) in [6.45, 7) is 3.80. The van der Waals surface area contributed by atoms with Gasteiger partial charge >= 0.3 is 5.97 Å². The van der Waals surface area contributed by atoms with E-state index in [0.717, 1.165) is 30.7 Å². The van der Waals surface area contributed by atoms with Crippen LogP contribution in [0.5, 0.6) is 0 Å². The van der Waals surface area contributed by atoms with Gasteiger partial charge < -0.3 is 9.30 Å². The van der Waals surface area contributed by atoms with Crippen LogP contribution in [0.4, 0.5) is 0 Å². The predicted molar refractivity (Wildman–Crippen MR) is 95.3 cm³/mol. The number of fused-ring (bicyclic) bond motifs is 1.